The molecule has 0 saturated heterocycles. The Morgan fingerprint density at radius 2 is 1.65 bits per heavy atom. The van der Waals surface area contributed by atoms with Gasteiger partial charge in [0.2, 0.25) is 0 Å². The molecule has 0 spiro atoms. The fourth-order valence-electron chi connectivity index (χ4n) is 2.11. The van der Waals surface area contributed by atoms with Crippen molar-refractivity contribution in [2.24, 2.45) is 5.73 Å². The van der Waals surface area contributed by atoms with Crippen LogP contribution in [0.25, 0.3) is 11.1 Å². The van der Waals surface area contributed by atoms with Gasteiger partial charge in [-0.3, -0.25) is 4.57 Å². The van der Waals surface area contributed by atoms with E-state index >= 15 is 0 Å². The molecule has 1 aliphatic heterocycles. The lowest BCUT2D eigenvalue weighted by Crippen LogP contribution is -2.22. The minimum Gasteiger partial charge on any atom is -0.438 e. The lowest BCUT2D eigenvalue weighted by molar-refractivity contribution is 0.491. The van der Waals surface area contributed by atoms with E-state index in [1.54, 1.807) is 0 Å². The van der Waals surface area contributed by atoms with E-state index in [2.05, 4.69) is 0 Å². The Labute approximate surface area is 99.7 Å². The average molecular weight is 245 g/mol. The van der Waals surface area contributed by atoms with Gasteiger partial charge in [-0.05, 0) is 17.7 Å². The van der Waals surface area contributed by atoms with Gasteiger partial charge in [0.05, 0.1) is 11.6 Å². The van der Waals surface area contributed by atoms with Gasteiger partial charge in [-0.25, -0.2) is 0 Å². The van der Waals surface area contributed by atoms with Crippen molar-refractivity contribution >= 4 is 12.7 Å². The van der Waals surface area contributed by atoms with E-state index in [-0.39, 0.29) is 6.29 Å². The van der Waals surface area contributed by atoms with Crippen LogP contribution in [0.1, 0.15) is 0 Å². The van der Waals surface area contributed by atoms with Gasteiger partial charge in [-0.15, -0.1) is 0 Å². The molecule has 17 heavy (non-hydrogen) atoms. The van der Waals surface area contributed by atoms with Crippen LogP contribution in [0, 0.1) is 0 Å². The smallest absolute Gasteiger partial charge is 0.291 e. The third kappa shape index (κ3) is 1.51. The summed E-state index contributed by atoms with van der Waals surface area (Å²) in [6, 6.07) is 15.2. The molecule has 4 heteroatoms. The molecular weight excluding hydrogens is 233 g/mol. The molecule has 1 heterocycles. The Bertz CT molecular complexity index is 624. The second-order valence-electron chi connectivity index (χ2n) is 3.96. The van der Waals surface area contributed by atoms with Crippen molar-refractivity contribution in [3.05, 3.63) is 48.5 Å². The zero-order valence-electron chi connectivity index (χ0n) is 9.17. The number of rotatable bonds is 1. The fraction of sp³-hybridized carbons (Fsp3) is 0.0769. The first kappa shape index (κ1) is 10.6. The van der Waals surface area contributed by atoms with E-state index in [1.807, 2.05) is 48.5 Å². The Kier molecular flexibility index (Phi) is 2.32. The van der Waals surface area contributed by atoms with Crippen LogP contribution < -0.4 is 15.6 Å². The molecule has 0 bridgehead atoms. The van der Waals surface area contributed by atoms with Gasteiger partial charge in [0.15, 0.2) is 0 Å². The zero-order chi connectivity index (χ0) is 11.9. The third-order valence-corrected chi connectivity index (χ3v) is 5.03. The lowest BCUT2D eigenvalue weighted by atomic mass is 10.0. The number of hydrogen-bond donors (Lipinski definition) is 1. The topological polar surface area (TPSA) is 52.3 Å². The molecule has 1 atom stereocenters. The van der Waals surface area contributed by atoms with Crippen molar-refractivity contribution in [3.8, 4) is 16.9 Å². The summed E-state index contributed by atoms with van der Waals surface area (Å²) < 4.78 is 18.3. The molecule has 0 saturated carbocycles. The van der Waals surface area contributed by atoms with Crippen molar-refractivity contribution in [2.75, 3.05) is 6.29 Å². The predicted octanol–water partition coefficient (Wildman–Crippen LogP) is 2.57. The summed E-state index contributed by atoms with van der Waals surface area (Å²) in [7, 11) is -2.94. The first-order valence-corrected chi connectivity index (χ1v) is 7.23. The molecule has 1 aliphatic rings. The van der Waals surface area contributed by atoms with Crippen LogP contribution in [-0.4, -0.2) is 6.29 Å². The van der Waals surface area contributed by atoms with Gasteiger partial charge in [0, 0.05) is 5.56 Å². The van der Waals surface area contributed by atoms with Crippen LogP contribution in [0.3, 0.4) is 0 Å². The number of fused-ring (bicyclic) bond motifs is 3. The van der Waals surface area contributed by atoms with Gasteiger partial charge in [-0.1, -0.05) is 36.4 Å². The Hall–Kier alpha value is -1.57. The van der Waals surface area contributed by atoms with Crippen molar-refractivity contribution in [3.63, 3.8) is 0 Å². The van der Waals surface area contributed by atoms with E-state index in [9.17, 15) is 4.57 Å². The summed E-state index contributed by atoms with van der Waals surface area (Å²) in [5.74, 6) is 0.653. The van der Waals surface area contributed by atoms with E-state index in [1.165, 1.54) is 0 Å². The molecule has 2 N–H and O–H groups in total. The monoisotopic (exact) mass is 245 g/mol. The highest BCUT2D eigenvalue weighted by Crippen LogP contribution is 2.53. The average Bonchev–Trinajstić information content (AvgIpc) is 2.39. The largest absolute Gasteiger partial charge is 0.438 e. The third-order valence-electron chi connectivity index (χ3n) is 2.93. The molecule has 0 aliphatic carbocycles. The second-order valence-corrected chi connectivity index (χ2v) is 6.34. The van der Waals surface area contributed by atoms with E-state index in [0.717, 1.165) is 16.4 Å². The molecule has 1 unspecified atom stereocenters. The van der Waals surface area contributed by atoms with E-state index in [0.29, 0.717) is 5.75 Å². The fourth-order valence-corrected chi connectivity index (χ4v) is 3.83. The highest BCUT2D eigenvalue weighted by atomic mass is 31.2. The van der Waals surface area contributed by atoms with Crippen LogP contribution in [0.15, 0.2) is 48.5 Å². The summed E-state index contributed by atoms with van der Waals surface area (Å²) >= 11 is 0. The molecule has 2 aromatic carbocycles. The van der Waals surface area contributed by atoms with Crippen molar-refractivity contribution < 1.29 is 9.09 Å². The molecule has 2 aromatic rings. The van der Waals surface area contributed by atoms with Gasteiger partial charge in [0.25, 0.3) is 7.37 Å². The molecule has 3 nitrogen and oxygen atoms in total. The highest BCUT2D eigenvalue weighted by molar-refractivity contribution is 7.67. The molecule has 0 fully saturated rings. The molecule has 0 amide bonds. The number of hydrogen-bond acceptors (Lipinski definition) is 3. The maximum absolute atomic E-state index is 12.6. The van der Waals surface area contributed by atoms with Crippen LogP contribution in [-0.2, 0) is 4.57 Å². The maximum Gasteiger partial charge on any atom is 0.291 e. The Morgan fingerprint density at radius 1 is 1.00 bits per heavy atom. The van der Waals surface area contributed by atoms with Crippen molar-refractivity contribution in [2.45, 2.75) is 0 Å². The normalized spacial score (nSPS) is 21.2. The molecular formula is C13H12NO2P. The SMILES string of the molecule is NCP1(=O)Oc2ccccc2-c2ccccc21. The molecule has 3 rings (SSSR count). The number of nitrogens with two attached hydrogens (primary N) is 1. The van der Waals surface area contributed by atoms with Gasteiger partial charge < -0.3 is 10.3 Å². The lowest BCUT2D eigenvalue weighted by Gasteiger charge is -2.27. The summed E-state index contributed by atoms with van der Waals surface area (Å²) in [6.07, 6.45) is 0.0261. The van der Waals surface area contributed by atoms with E-state index in [4.69, 9.17) is 10.3 Å². The van der Waals surface area contributed by atoms with Gasteiger partial charge in [-0.2, -0.15) is 0 Å². The first-order chi connectivity index (χ1) is 8.24. The number of benzene rings is 2. The maximum atomic E-state index is 12.6. The standard InChI is InChI=1S/C13H12NO2P/c14-9-17(15)13-8-4-2-6-11(13)10-5-1-3-7-12(10)16-17/h1-8H,9,14H2. The van der Waals surface area contributed by atoms with Crippen molar-refractivity contribution in [1.82, 2.24) is 0 Å². The molecule has 0 aromatic heterocycles. The molecule has 0 radical (unpaired) electrons. The minimum atomic E-state index is -2.94. The second kappa shape index (κ2) is 3.73. The van der Waals surface area contributed by atoms with Crippen LogP contribution in [0.2, 0.25) is 0 Å². The van der Waals surface area contributed by atoms with Gasteiger partial charge in [0.1, 0.15) is 5.75 Å². The van der Waals surface area contributed by atoms with Gasteiger partial charge >= 0.3 is 0 Å². The highest BCUT2D eigenvalue weighted by Gasteiger charge is 2.34. The zero-order valence-corrected chi connectivity index (χ0v) is 10.1. The minimum absolute atomic E-state index is 0.0261. The van der Waals surface area contributed by atoms with Crippen LogP contribution in [0.5, 0.6) is 5.75 Å². The molecule has 86 valence electrons. The quantitative estimate of drug-likeness (QED) is 0.785. The first-order valence-electron chi connectivity index (χ1n) is 5.42. The van der Waals surface area contributed by atoms with Crippen LogP contribution in [0.4, 0.5) is 0 Å². The summed E-state index contributed by atoms with van der Waals surface area (Å²) in [5, 5.41) is 0.723. The summed E-state index contributed by atoms with van der Waals surface area (Å²) in [5.41, 5.74) is 7.56. The Morgan fingerprint density at radius 3 is 2.41 bits per heavy atom. The Balaban J connectivity index is 2.34. The predicted molar refractivity (Wildman–Crippen MR) is 68.8 cm³/mol. The van der Waals surface area contributed by atoms with Crippen molar-refractivity contribution in [1.29, 1.82) is 0 Å². The number of para-hydroxylation sites is 1. The van der Waals surface area contributed by atoms with E-state index < -0.39 is 7.37 Å². The summed E-state index contributed by atoms with van der Waals surface area (Å²) in [4.78, 5) is 0. The summed E-state index contributed by atoms with van der Waals surface area (Å²) in [6.45, 7) is 0. The van der Waals surface area contributed by atoms with Crippen LogP contribution >= 0.6 is 7.37 Å².